The molecule has 2 rings (SSSR count). The lowest BCUT2D eigenvalue weighted by molar-refractivity contribution is 0.0956. The van der Waals surface area contributed by atoms with Crippen molar-refractivity contribution in [2.75, 3.05) is 12.3 Å². The van der Waals surface area contributed by atoms with E-state index in [-0.39, 0.29) is 24.7 Å². The van der Waals surface area contributed by atoms with E-state index in [0.717, 1.165) is 5.56 Å². The Hall–Kier alpha value is -1.96. The smallest absolute Gasteiger partial charge is 0.251 e. The van der Waals surface area contributed by atoms with E-state index in [1.807, 2.05) is 0 Å². The Labute approximate surface area is 139 Å². The molecule has 1 aromatic carbocycles. The van der Waals surface area contributed by atoms with Gasteiger partial charge < -0.3 is 5.32 Å². The number of aromatic nitrogens is 1. The molecule has 2 aromatic rings. The topological polar surface area (TPSA) is 88.2 Å². The Morgan fingerprint density at radius 1 is 1.17 bits per heavy atom. The minimum Gasteiger partial charge on any atom is -0.351 e. The van der Waals surface area contributed by atoms with Crippen LogP contribution < -0.4 is 10.0 Å². The first-order valence-electron chi connectivity index (χ1n) is 6.86. The largest absolute Gasteiger partial charge is 0.351 e. The molecule has 0 bridgehead atoms. The summed E-state index contributed by atoms with van der Waals surface area (Å²) < 4.78 is 26.2. The van der Waals surface area contributed by atoms with Crippen molar-refractivity contribution >= 4 is 27.5 Å². The Morgan fingerprint density at radius 2 is 1.91 bits per heavy atom. The summed E-state index contributed by atoms with van der Waals surface area (Å²) in [7, 11) is -3.48. The molecule has 0 aliphatic carbocycles. The number of carbonyl (C=O) groups excluding carboxylic acids is 1. The molecular weight excluding hydrogens is 338 g/mol. The molecule has 0 unspecified atom stereocenters. The number of nitrogens with zero attached hydrogens (tertiary/aromatic N) is 1. The van der Waals surface area contributed by atoms with E-state index in [1.165, 1.54) is 0 Å². The van der Waals surface area contributed by atoms with E-state index in [1.54, 1.807) is 48.8 Å². The van der Waals surface area contributed by atoms with Gasteiger partial charge in [0.1, 0.15) is 0 Å². The van der Waals surface area contributed by atoms with Gasteiger partial charge in [0.25, 0.3) is 5.91 Å². The fraction of sp³-hybridized carbons (Fsp3) is 0.200. The van der Waals surface area contributed by atoms with E-state index >= 15 is 0 Å². The molecule has 0 radical (unpaired) electrons. The summed E-state index contributed by atoms with van der Waals surface area (Å²) in [5.74, 6) is -0.545. The molecule has 0 aliphatic rings. The van der Waals surface area contributed by atoms with Crippen LogP contribution in [0.15, 0.2) is 48.8 Å². The van der Waals surface area contributed by atoms with Gasteiger partial charge in [-0.2, -0.15) is 0 Å². The summed E-state index contributed by atoms with van der Waals surface area (Å²) >= 11 is 5.74. The summed E-state index contributed by atoms with van der Waals surface area (Å²) in [5, 5.41) is 3.09. The van der Waals surface area contributed by atoms with Crippen LogP contribution in [0, 0.1) is 0 Å². The second-order valence-electron chi connectivity index (χ2n) is 4.76. The lowest BCUT2D eigenvalue weighted by Gasteiger charge is -2.08. The van der Waals surface area contributed by atoms with Gasteiger partial charge >= 0.3 is 0 Å². The van der Waals surface area contributed by atoms with Crippen molar-refractivity contribution in [1.82, 2.24) is 15.0 Å². The van der Waals surface area contributed by atoms with Crippen molar-refractivity contribution in [2.24, 2.45) is 0 Å². The second kappa shape index (κ2) is 8.05. The summed E-state index contributed by atoms with van der Waals surface area (Å²) in [6.45, 7) is 0.186. The van der Waals surface area contributed by atoms with Gasteiger partial charge in [-0.05, 0) is 35.9 Å². The molecule has 0 spiro atoms. The monoisotopic (exact) mass is 353 g/mol. The van der Waals surface area contributed by atoms with E-state index in [0.29, 0.717) is 10.6 Å². The van der Waals surface area contributed by atoms with E-state index in [2.05, 4.69) is 15.0 Å². The molecule has 2 N–H and O–H groups in total. The fourth-order valence-electron chi connectivity index (χ4n) is 1.77. The van der Waals surface area contributed by atoms with Crippen molar-refractivity contribution in [1.29, 1.82) is 0 Å². The fourth-order valence-corrected chi connectivity index (χ4v) is 2.80. The third kappa shape index (κ3) is 5.97. The van der Waals surface area contributed by atoms with Crippen molar-refractivity contribution in [2.45, 2.75) is 6.54 Å². The Kier molecular flexibility index (Phi) is 6.09. The van der Waals surface area contributed by atoms with E-state index in [4.69, 9.17) is 11.6 Å². The zero-order chi connectivity index (χ0) is 16.7. The van der Waals surface area contributed by atoms with Crippen LogP contribution in [0.4, 0.5) is 0 Å². The molecule has 0 saturated heterocycles. The molecule has 0 saturated carbocycles. The Bertz CT molecular complexity index is 749. The van der Waals surface area contributed by atoms with Crippen LogP contribution in [0.3, 0.4) is 0 Å². The van der Waals surface area contributed by atoms with Gasteiger partial charge in [0.2, 0.25) is 10.0 Å². The molecular formula is C15H16ClN3O3S. The highest BCUT2D eigenvalue weighted by molar-refractivity contribution is 7.89. The zero-order valence-corrected chi connectivity index (χ0v) is 13.8. The number of nitrogens with one attached hydrogen (secondary N) is 2. The van der Waals surface area contributed by atoms with Crippen LogP contribution in [0.1, 0.15) is 15.9 Å². The van der Waals surface area contributed by atoms with Crippen LogP contribution in [-0.2, 0) is 16.6 Å². The van der Waals surface area contributed by atoms with Gasteiger partial charge in [-0.3, -0.25) is 9.78 Å². The maximum atomic E-state index is 11.9. The summed E-state index contributed by atoms with van der Waals surface area (Å²) in [6, 6.07) is 9.86. The van der Waals surface area contributed by atoms with Gasteiger partial charge in [0, 0.05) is 36.1 Å². The van der Waals surface area contributed by atoms with Crippen LogP contribution in [-0.4, -0.2) is 31.6 Å². The highest BCUT2D eigenvalue weighted by Gasteiger charge is 2.11. The molecule has 0 aliphatic heterocycles. The van der Waals surface area contributed by atoms with Crippen LogP contribution in [0.25, 0.3) is 0 Å². The number of carbonyl (C=O) groups is 1. The van der Waals surface area contributed by atoms with Crippen LogP contribution in [0.5, 0.6) is 0 Å². The third-order valence-corrected chi connectivity index (χ3v) is 4.56. The van der Waals surface area contributed by atoms with Crippen molar-refractivity contribution < 1.29 is 13.2 Å². The predicted octanol–water partition coefficient (Wildman–Crippen LogP) is 1.58. The minimum atomic E-state index is -3.48. The Morgan fingerprint density at radius 3 is 2.57 bits per heavy atom. The normalized spacial score (nSPS) is 11.2. The number of benzene rings is 1. The highest BCUT2D eigenvalue weighted by atomic mass is 35.5. The van der Waals surface area contributed by atoms with Crippen molar-refractivity contribution in [3.63, 3.8) is 0 Å². The first-order chi connectivity index (χ1) is 11.0. The maximum Gasteiger partial charge on any atom is 0.251 e. The lowest BCUT2D eigenvalue weighted by atomic mass is 10.2. The first-order valence-corrected chi connectivity index (χ1v) is 8.89. The summed E-state index contributed by atoms with van der Waals surface area (Å²) in [6.07, 6.45) is 3.20. The second-order valence-corrected chi connectivity index (χ2v) is 7.13. The number of pyridine rings is 1. The minimum absolute atomic E-state index is 0.0177. The van der Waals surface area contributed by atoms with E-state index in [9.17, 15) is 13.2 Å². The van der Waals surface area contributed by atoms with E-state index < -0.39 is 10.0 Å². The van der Waals surface area contributed by atoms with Crippen molar-refractivity contribution in [3.05, 3.63) is 64.9 Å². The molecule has 1 aromatic heterocycles. The highest BCUT2D eigenvalue weighted by Crippen LogP contribution is 2.09. The number of halogens is 1. The van der Waals surface area contributed by atoms with Crippen LogP contribution >= 0.6 is 11.6 Å². The third-order valence-electron chi connectivity index (χ3n) is 2.98. The maximum absolute atomic E-state index is 11.9. The Balaban J connectivity index is 1.78. The molecule has 23 heavy (non-hydrogen) atoms. The molecule has 1 amide bonds. The average molecular weight is 354 g/mol. The predicted molar refractivity (Wildman–Crippen MR) is 88.6 cm³/mol. The number of hydrogen-bond donors (Lipinski definition) is 2. The first kappa shape index (κ1) is 17.4. The molecule has 122 valence electrons. The average Bonchev–Trinajstić information content (AvgIpc) is 2.54. The molecule has 6 nitrogen and oxygen atoms in total. The molecule has 8 heteroatoms. The zero-order valence-electron chi connectivity index (χ0n) is 12.2. The number of hydrogen-bond acceptors (Lipinski definition) is 4. The van der Waals surface area contributed by atoms with Gasteiger partial charge in [-0.1, -0.05) is 17.7 Å². The van der Waals surface area contributed by atoms with Crippen LogP contribution in [0.2, 0.25) is 5.02 Å². The number of amides is 1. The summed E-state index contributed by atoms with van der Waals surface area (Å²) in [5.41, 5.74) is 1.19. The SMILES string of the molecule is O=C(NCCS(=O)(=O)NCc1cccnc1)c1ccc(Cl)cc1. The van der Waals surface area contributed by atoms with Gasteiger partial charge in [0.15, 0.2) is 0 Å². The van der Waals surface area contributed by atoms with Crippen molar-refractivity contribution in [3.8, 4) is 0 Å². The van der Waals surface area contributed by atoms with Gasteiger partial charge in [0.05, 0.1) is 5.75 Å². The van der Waals surface area contributed by atoms with Gasteiger partial charge in [-0.25, -0.2) is 13.1 Å². The molecule has 1 heterocycles. The molecule has 0 atom stereocenters. The number of rotatable bonds is 7. The summed E-state index contributed by atoms with van der Waals surface area (Å²) in [4.78, 5) is 15.8. The lowest BCUT2D eigenvalue weighted by Crippen LogP contribution is -2.34. The van der Waals surface area contributed by atoms with Gasteiger partial charge in [-0.15, -0.1) is 0 Å². The quantitative estimate of drug-likeness (QED) is 0.791. The number of sulfonamides is 1. The standard InChI is InChI=1S/C15H16ClN3O3S/c16-14-5-3-13(4-6-14)15(20)18-8-9-23(21,22)19-11-12-2-1-7-17-10-12/h1-7,10,19H,8-9,11H2,(H,18,20). The molecule has 0 fully saturated rings.